The van der Waals surface area contributed by atoms with Gasteiger partial charge in [0.25, 0.3) is 0 Å². The maximum atomic E-state index is 10.1. The SMILES string of the molecule is O[C@@H]1CCC[C@H]1Nc1ccnc(Nc2ccc3c(n2)N(Cc2ccc4ncccc4c2)NN3)c1. The Kier molecular flexibility index (Phi) is 5.32. The molecule has 0 unspecified atom stereocenters. The van der Waals surface area contributed by atoms with Crippen molar-refractivity contribution in [2.45, 2.75) is 38.0 Å². The van der Waals surface area contributed by atoms with Crippen LogP contribution in [0.5, 0.6) is 0 Å². The van der Waals surface area contributed by atoms with Crippen LogP contribution in [0.2, 0.25) is 0 Å². The molecule has 1 aliphatic carbocycles. The number of aliphatic hydroxyl groups is 1. The summed E-state index contributed by atoms with van der Waals surface area (Å²) in [6, 6.07) is 18.1. The van der Waals surface area contributed by atoms with E-state index in [0.717, 1.165) is 52.9 Å². The van der Waals surface area contributed by atoms with Crippen LogP contribution in [0.25, 0.3) is 10.9 Å². The Hall–Kier alpha value is -3.95. The van der Waals surface area contributed by atoms with Gasteiger partial charge in [0, 0.05) is 29.5 Å². The first-order chi connectivity index (χ1) is 16.7. The molecule has 4 aromatic rings. The van der Waals surface area contributed by atoms with Crippen molar-refractivity contribution in [3.8, 4) is 0 Å². The number of fused-ring (bicyclic) bond motifs is 2. The van der Waals surface area contributed by atoms with Crippen molar-refractivity contribution in [3.63, 3.8) is 0 Å². The van der Waals surface area contributed by atoms with Crippen LogP contribution in [0, 0.1) is 0 Å². The number of anilines is 5. The van der Waals surface area contributed by atoms with Gasteiger partial charge in [0.2, 0.25) is 0 Å². The Labute approximate surface area is 197 Å². The third kappa shape index (κ3) is 4.18. The van der Waals surface area contributed by atoms with Crippen molar-refractivity contribution in [3.05, 3.63) is 72.6 Å². The predicted molar refractivity (Wildman–Crippen MR) is 134 cm³/mol. The Bertz CT molecular complexity index is 1330. The van der Waals surface area contributed by atoms with Crippen LogP contribution < -0.4 is 26.6 Å². The number of aliphatic hydroxyl groups excluding tert-OH is 1. The van der Waals surface area contributed by atoms with Gasteiger partial charge < -0.3 is 21.2 Å². The molecule has 34 heavy (non-hydrogen) atoms. The lowest BCUT2D eigenvalue weighted by molar-refractivity contribution is 0.172. The monoisotopic (exact) mass is 454 g/mol. The molecule has 2 atom stereocenters. The molecular weight excluding hydrogens is 428 g/mol. The number of pyridine rings is 3. The maximum absolute atomic E-state index is 10.1. The standard InChI is InChI=1S/C25H26N8O/c34-22-5-1-4-20(22)28-18-10-12-27-24(14-18)29-23-9-8-21-25(30-23)33(32-31-21)15-16-6-7-19-17(13-16)3-2-11-26-19/h2-3,6-14,20,22,31-32,34H,1,4-5,15H2,(H2,27,28,29,30)/t20-,22-/m1/s1. The van der Waals surface area contributed by atoms with E-state index in [9.17, 15) is 5.11 Å². The molecule has 1 fully saturated rings. The molecule has 6 rings (SSSR count). The summed E-state index contributed by atoms with van der Waals surface area (Å²) < 4.78 is 0. The zero-order chi connectivity index (χ0) is 22.9. The Balaban J connectivity index is 1.18. The number of nitrogens with one attached hydrogen (secondary N) is 4. The number of aromatic nitrogens is 3. The second kappa shape index (κ2) is 8.77. The van der Waals surface area contributed by atoms with Gasteiger partial charge in [-0.05, 0) is 61.2 Å². The number of nitrogens with zero attached hydrogens (tertiary/aromatic N) is 4. The number of hydrogen-bond acceptors (Lipinski definition) is 9. The largest absolute Gasteiger partial charge is 0.391 e. The van der Waals surface area contributed by atoms with E-state index in [1.54, 1.807) is 12.4 Å². The fraction of sp³-hybridized carbons (Fsp3) is 0.240. The zero-order valence-electron chi connectivity index (χ0n) is 18.6. The van der Waals surface area contributed by atoms with E-state index in [1.807, 2.05) is 41.4 Å². The van der Waals surface area contributed by atoms with Gasteiger partial charge in [-0.1, -0.05) is 12.1 Å². The lowest BCUT2D eigenvalue weighted by Crippen LogP contribution is -2.35. The van der Waals surface area contributed by atoms with E-state index >= 15 is 0 Å². The van der Waals surface area contributed by atoms with E-state index < -0.39 is 0 Å². The molecule has 0 radical (unpaired) electrons. The normalized spacial score (nSPS) is 19.1. The number of hydrogen-bond donors (Lipinski definition) is 5. The van der Waals surface area contributed by atoms with E-state index in [1.165, 1.54) is 0 Å². The molecule has 1 aliphatic heterocycles. The van der Waals surface area contributed by atoms with Crippen LogP contribution >= 0.6 is 0 Å². The fourth-order valence-corrected chi connectivity index (χ4v) is 4.57. The summed E-state index contributed by atoms with van der Waals surface area (Å²) in [5, 5.41) is 19.9. The van der Waals surface area contributed by atoms with Crippen molar-refractivity contribution in [1.29, 1.82) is 0 Å². The van der Waals surface area contributed by atoms with Crippen LogP contribution in [-0.2, 0) is 6.54 Å². The van der Waals surface area contributed by atoms with Crippen LogP contribution in [0.15, 0.2) is 67.0 Å². The molecule has 0 amide bonds. The highest BCUT2D eigenvalue weighted by Crippen LogP contribution is 2.31. The van der Waals surface area contributed by atoms with E-state index in [0.29, 0.717) is 18.2 Å². The molecular formula is C25H26N8O. The lowest BCUT2D eigenvalue weighted by atomic mass is 10.1. The molecule has 0 bridgehead atoms. The summed E-state index contributed by atoms with van der Waals surface area (Å²) in [6.45, 7) is 0.642. The second-order valence-corrected chi connectivity index (χ2v) is 8.72. The zero-order valence-corrected chi connectivity index (χ0v) is 18.6. The summed E-state index contributed by atoms with van der Waals surface area (Å²) in [4.78, 5) is 13.6. The molecule has 0 spiro atoms. The summed E-state index contributed by atoms with van der Waals surface area (Å²) >= 11 is 0. The van der Waals surface area contributed by atoms with E-state index in [4.69, 9.17) is 4.98 Å². The molecule has 9 heteroatoms. The van der Waals surface area contributed by atoms with Crippen LogP contribution in [0.1, 0.15) is 24.8 Å². The lowest BCUT2D eigenvalue weighted by Gasteiger charge is -2.19. The van der Waals surface area contributed by atoms with Crippen molar-refractivity contribution in [2.24, 2.45) is 0 Å². The molecule has 3 aromatic heterocycles. The molecule has 0 saturated heterocycles. The van der Waals surface area contributed by atoms with Crippen LogP contribution in [0.3, 0.4) is 0 Å². The summed E-state index contributed by atoms with van der Waals surface area (Å²) in [5.74, 6) is 2.19. The van der Waals surface area contributed by atoms with Gasteiger partial charge in [-0.3, -0.25) is 9.99 Å². The average Bonchev–Trinajstić information content (AvgIpc) is 3.45. The molecule has 1 saturated carbocycles. The highest BCUT2D eigenvalue weighted by atomic mass is 16.3. The Morgan fingerprint density at radius 1 is 1.00 bits per heavy atom. The Morgan fingerprint density at radius 2 is 1.97 bits per heavy atom. The number of hydrazine groups is 2. The summed E-state index contributed by atoms with van der Waals surface area (Å²) in [7, 11) is 0. The minimum absolute atomic E-state index is 0.0879. The van der Waals surface area contributed by atoms with Crippen molar-refractivity contribution >= 4 is 39.7 Å². The second-order valence-electron chi connectivity index (χ2n) is 8.72. The third-order valence-corrected chi connectivity index (χ3v) is 6.31. The predicted octanol–water partition coefficient (Wildman–Crippen LogP) is 3.95. The molecule has 9 nitrogen and oxygen atoms in total. The third-order valence-electron chi connectivity index (χ3n) is 6.31. The van der Waals surface area contributed by atoms with Crippen molar-refractivity contribution in [2.75, 3.05) is 21.1 Å². The van der Waals surface area contributed by atoms with Gasteiger partial charge in [0.15, 0.2) is 5.82 Å². The van der Waals surface area contributed by atoms with Gasteiger partial charge in [-0.15, -0.1) is 5.53 Å². The topological polar surface area (TPSA) is 110 Å². The first kappa shape index (κ1) is 20.6. The number of benzene rings is 1. The van der Waals surface area contributed by atoms with Gasteiger partial charge in [-0.25, -0.2) is 9.97 Å². The molecule has 1 aromatic carbocycles. The highest BCUT2D eigenvalue weighted by molar-refractivity contribution is 5.79. The first-order valence-electron chi connectivity index (χ1n) is 11.5. The Morgan fingerprint density at radius 3 is 2.88 bits per heavy atom. The van der Waals surface area contributed by atoms with Gasteiger partial charge in [-0.2, -0.15) is 0 Å². The van der Waals surface area contributed by atoms with Crippen molar-refractivity contribution < 1.29 is 5.11 Å². The van der Waals surface area contributed by atoms with Crippen LogP contribution in [0.4, 0.5) is 28.8 Å². The quantitative estimate of drug-likeness (QED) is 0.296. The minimum Gasteiger partial charge on any atom is -0.391 e. The summed E-state index contributed by atoms with van der Waals surface area (Å²) in [5.41, 5.74) is 10.3. The molecule has 5 N–H and O–H groups in total. The fourth-order valence-electron chi connectivity index (χ4n) is 4.57. The highest BCUT2D eigenvalue weighted by Gasteiger charge is 2.25. The van der Waals surface area contributed by atoms with Crippen LogP contribution in [-0.4, -0.2) is 32.2 Å². The van der Waals surface area contributed by atoms with Gasteiger partial charge in [0.05, 0.1) is 29.9 Å². The summed E-state index contributed by atoms with van der Waals surface area (Å²) in [6.07, 6.45) is 6.13. The molecule has 2 aliphatic rings. The van der Waals surface area contributed by atoms with E-state index in [2.05, 4.69) is 49.8 Å². The van der Waals surface area contributed by atoms with E-state index in [-0.39, 0.29) is 12.1 Å². The smallest absolute Gasteiger partial charge is 0.171 e. The maximum Gasteiger partial charge on any atom is 0.171 e. The molecule has 4 heterocycles. The average molecular weight is 455 g/mol. The molecule has 172 valence electrons. The van der Waals surface area contributed by atoms with Crippen molar-refractivity contribution in [1.82, 2.24) is 20.5 Å². The number of rotatable bonds is 6. The minimum atomic E-state index is -0.298. The van der Waals surface area contributed by atoms with Gasteiger partial charge in [0.1, 0.15) is 11.6 Å². The van der Waals surface area contributed by atoms with Gasteiger partial charge >= 0.3 is 0 Å². The first-order valence-corrected chi connectivity index (χ1v) is 11.5.